The fourth-order valence-corrected chi connectivity index (χ4v) is 3.48. The van der Waals surface area contributed by atoms with Gasteiger partial charge < -0.3 is 9.52 Å². The lowest BCUT2D eigenvalue weighted by molar-refractivity contribution is 0.245. The summed E-state index contributed by atoms with van der Waals surface area (Å²) in [6.07, 6.45) is 1.89. The van der Waals surface area contributed by atoms with Crippen molar-refractivity contribution in [1.29, 1.82) is 0 Å². The molecule has 0 bridgehead atoms. The third-order valence-electron chi connectivity index (χ3n) is 1.75. The van der Waals surface area contributed by atoms with Gasteiger partial charge in [-0.05, 0) is 22.2 Å². The molecular weight excluding hydrogens is 318 g/mol. The van der Waals surface area contributed by atoms with Gasteiger partial charge in [-0.2, -0.15) is 11.8 Å². The van der Waals surface area contributed by atoms with E-state index in [1.54, 1.807) is 11.8 Å². The molecule has 0 aliphatic carbocycles. The lowest BCUT2D eigenvalue weighted by atomic mass is 10.5. The Morgan fingerprint density at radius 2 is 2.31 bits per heavy atom. The van der Waals surface area contributed by atoms with Crippen LogP contribution in [0.5, 0.6) is 0 Å². The molecule has 1 aromatic heterocycles. The molecule has 0 radical (unpaired) electrons. The number of hydrogen-bond donors (Lipinski definition) is 2. The topological polar surface area (TPSA) is 79.5 Å². The first-order chi connectivity index (χ1) is 7.51. The van der Waals surface area contributed by atoms with Gasteiger partial charge in [-0.1, -0.05) is 0 Å². The van der Waals surface area contributed by atoms with Crippen LogP contribution in [0.15, 0.2) is 20.0 Å². The average molecular weight is 330 g/mol. The van der Waals surface area contributed by atoms with Gasteiger partial charge in [0, 0.05) is 18.4 Å². The molecule has 2 N–H and O–H groups in total. The van der Waals surface area contributed by atoms with E-state index in [2.05, 4.69) is 20.7 Å². The number of furan rings is 1. The Bertz CT molecular complexity index is 443. The summed E-state index contributed by atoms with van der Waals surface area (Å²) in [6.45, 7) is 0.0223. The molecule has 0 spiro atoms. The highest BCUT2D eigenvalue weighted by Gasteiger charge is 2.21. The van der Waals surface area contributed by atoms with Crippen LogP contribution in [0.1, 0.15) is 5.76 Å². The Morgan fingerprint density at radius 1 is 1.62 bits per heavy atom. The van der Waals surface area contributed by atoms with Gasteiger partial charge in [-0.25, -0.2) is 13.1 Å². The first-order valence-electron chi connectivity index (χ1n) is 4.39. The van der Waals surface area contributed by atoms with Gasteiger partial charge >= 0.3 is 0 Å². The third-order valence-corrected chi connectivity index (χ3v) is 4.68. The molecule has 92 valence electrons. The molecule has 0 saturated carbocycles. The second kappa shape index (κ2) is 6.06. The van der Waals surface area contributed by atoms with E-state index in [0.717, 1.165) is 0 Å². The van der Waals surface area contributed by atoms with Crippen molar-refractivity contribution in [3.63, 3.8) is 0 Å². The number of sulfonamides is 1. The Balaban J connectivity index is 2.85. The number of thioether (sulfide) groups is 1. The van der Waals surface area contributed by atoms with E-state index in [1.165, 1.54) is 6.07 Å². The number of halogens is 1. The second-order valence-corrected chi connectivity index (χ2v) is 6.34. The fourth-order valence-electron chi connectivity index (χ4n) is 1.01. The Kier molecular flexibility index (Phi) is 5.32. The molecule has 1 rings (SSSR count). The maximum atomic E-state index is 11.8. The molecule has 0 aromatic carbocycles. The first-order valence-corrected chi connectivity index (χ1v) is 8.06. The van der Waals surface area contributed by atoms with E-state index in [1.807, 2.05) is 6.26 Å². The molecule has 8 heteroatoms. The van der Waals surface area contributed by atoms with E-state index in [9.17, 15) is 8.42 Å². The first kappa shape index (κ1) is 14.0. The van der Waals surface area contributed by atoms with Crippen LogP contribution in [0.2, 0.25) is 0 Å². The number of rotatable bonds is 6. The third kappa shape index (κ3) is 3.49. The summed E-state index contributed by atoms with van der Waals surface area (Å²) in [5.74, 6) is 0.902. The maximum absolute atomic E-state index is 11.8. The molecule has 16 heavy (non-hydrogen) atoms. The molecule has 1 heterocycles. The molecule has 0 aliphatic heterocycles. The summed E-state index contributed by atoms with van der Waals surface area (Å²) in [4.78, 5) is 0.0117. The summed E-state index contributed by atoms with van der Waals surface area (Å²) < 4.78 is 31.1. The van der Waals surface area contributed by atoms with Gasteiger partial charge in [0.15, 0.2) is 4.67 Å². The monoisotopic (exact) mass is 329 g/mol. The number of nitrogens with one attached hydrogen (secondary N) is 1. The van der Waals surface area contributed by atoms with Gasteiger partial charge in [0.2, 0.25) is 10.0 Å². The van der Waals surface area contributed by atoms with Gasteiger partial charge in [0.05, 0.1) is 0 Å². The molecule has 0 saturated heterocycles. The highest BCUT2D eigenvalue weighted by atomic mass is 79.9. The lowest BCUT2D eigenvalue weighted by Gasteiger charge is -2.03. The number of aliphatic hydroxyl groups is 1. The van der Waals surface area contributed by atoms with Crippen molar-refractivity contribution < 1.29 is 17.9 Å². The van der Waals surface area contributed by atoms with Gasteiger partial charge in [0.25, 0.3) is 0 Å². The zero-order valence-corrected chi connectivity index (χ0v) is 11.8. The van der Waals surface area contributed by atoms with Crippen molar-refractivity contribution in [3.8, 4) is 0 Å². The maximum Gasteiger partial charge on any atom is 0.244 e. The summed E-state index contributed by atoms with van der Waals surface area (Å²) in [6, 6.07) is 1.30. The van der Waals surface area contributed by atoms with E-state index in [-0.39, 0.29) is 21.9 Å². The van der Waals surface area contributed by atoms with Crippen LogP contribution >= 0.6 is 27.7 Å². The average Bonchev–Trinajstić information content (AvgIpc) is 2.60. The molecule has 0 aliphatic rings. The van der Waals surface area contributed by atoms with Crippen molar-refractivity contribution in [1.82, 2.24) is 4.72 Å². The molecule has 0 atom stereocenters. The van der Waals surface area contributed by atoms with Gasteiger partial charge in [-0.3, -0.25) is 0 Å². The van der Waals surface area contributed by atoms with Crippen LogP contribution in [0.3, 0.4) is 0 Å². The van der Waals surface area contributed by atoms with Gasteiger partial charge in [0.1, 0.15) is 17.3 Å². The number of aliphatic hydroxyl groups excluding tert-OH is 1. The molecule has 5 nitrogen and oxygen atoms in total. The Labute approximate surface area is 107 Å². The quantitative estimate of drug-likeness (QED) is 0.766. The highest BCUT2D eigenvalue weighted by Crippen LogP contribution is 2.25. The predicted octanol–water partition coefficient (Wildman–Crippen LogP) is 1.18. The van der Waals surface area contributed by atoms with E-state index >= 15 is 0 Å². The molecular formula is C8H12BrNO4S2. The van der Waals surface area contributed by atoms with Crippen LogP contribution < -0.4 is 4.72 Å². The van der Waals surface area contributed by atoms with Crippen molar-refractivity contribution in [2.75, 3.05) is 18.6 Å². The van der Waals surface area contributed by atoms with Crippen molar-refractivity contribution in [3.05, 3.63) is 16.5 Å². The summed E-state index contributed by atoms with van der Waals surface area (Å²) in [5.41, 5.74) is 0. The minimum Gasteiger partial charge on any atom is -0.450 e. The Hall–Kier alpha value is -0.0200. The summed E-state index contributed by atoms with van der Waals surface area (Å²) >= 11 is 4.55. The highest BCUT2D eigenvalue weighted by molar-refractivity contribution is 9.10. The molecule has 0 unspecified atom stereocenters. The number of hydrogen-bond acceptors (Lipinski definition) is 5. The molecule has 0 amide bonds. The molecule has 1 aromatic rings. The van der Waals surface area contributed by atoms with E-state index in [4.69, 9.17) is 9.52 Å². The fraction of sp³-hybridized carbons (Fsp3) is 0.500. The van der Waals surface area contributed by atoms with Crippen molar-refractivity contribution in [2.24, 2.45) is 0 Å². The SMILES string of the molecule is CSCCNS(=O)(=O)c1cc(CO)oc1Br. The summed E-state index contributed by atoms with van der Waals surface area (Å²) in [5, 5.41) is 8.82. The van der Waals surface area contributed by atoms with Crippen LogP contribution in [0.4, 0.5) is 0 Å². The summed E-state index contributed by atoms with van der Waals surface area (Å²) in [7, 11) is -3.57. The molecule has 0 fully saturated rings. The van der Waals surface area contributed by atoms with Crippen LogP contribution in [-0.4, -0.2) is 32.1 Å². The van der Waals surface area contributed by atoms with Crippen molar-refractivity contribution in [2.45, 2.75) is 11.5 Å². The normalized spacial score (nSPS) is 11.9. The zero-order chi connectivity index (χ0) is 12.2. The predicted molar refractivity (Wildman–Crippen MR) is 65.9 cm³/mol. The van der Waals surface area contributed by atoms with Crippen molar-refractivity contribution >= 4 is 37.7 Å². The van der Waals surface area contributed by atoms with E-state index in [0.29, 0.717) is 12.3 Å². The lowest BCUT2D eigenvalue weighted by Crippen LogP contribution is -2.25. The Morgan fingerprint density at radius 3 is 2.81 bits per heavy atom. The van der Waals surface area contributed by atoms with Gasteiger partial charge in [-0.15, -0.1) is 0 Å². The minimum absolute atomic E-state index is 0.0117. The zero-order valence-electron chi connectivity index (χ0n) is 8.57. The minimum atomic E-state index is -3.57. The largest absolute Gasteiger partial charge is 0.450 e. The second-order valence-electron chi connectivity index (χ2n) is 2.90. The van der Waals surface area contributed by atoms with Crippen LogP contribution in [-0.2, 0) is 16.6 Å². The smallest absolute Gasteiger partial charge is 0.244 e. The van der Waals surface area contributed by atoms with E-state index < -0.39 is 10.0 Å². The van der Waals surface area contributed by atoms with Crippen LogP contribution in [0, 0.1) is 0 Å². The standard InChI is InChI=1S/C8H12BrNO4S2/c1-15-3-2-10-16(12,13)7-4-6(5-11)14-8(7)9/h4,10-11H,2-3,5H2,1H3. The van der Waals surface area contributed by atoms with Crippen LogP contribution in [0.25, 0.3) is 0 Å².